The summed E-state index contributed by atoms with van der Waals surface area (Å²) in [6.45, 7) is 1.08. The summed E-state index contributed by atoms with van der Waals surface area (Å²) in [5, 5.41) is 0. The highest BCUT2D eigenvalue weighted by Crippen LogP contribution is 2.38. The Morgan fingerprint density at radius 1 is 1.18 bits per heavy atom. The number of nitrogens with two attached hydrogens (primary N) is 1. The summed E-state index contributed by atoms with van der Waals surface area (Å²) in [4.78, 5) is 15.3. The van der Waals surface area contributed by atoms with Crippen LogP contribution >= 0.6 is 0 Å². The SMILES string of the molecule is NCc1cocc1N(Cc1nc2ccccc2[nH]1)C1CCCc2cccnc21. The number of aromatic nitrogens is 3. The topological polar surface area (TPSA) is 84.0 Å². The highest BCUT2D eigenvalue weighted by atomic mass is 16.3. The molecule has 1 aliphatic rings. The fourth-order valence-corrected chi connectivity index (χ4v) is 4.21. The van der Waals surface area contributed by atoms with Crippen molar-refractivity contribution in [1.29, 1.82) is 0 Å². The molecule has 0 aliphatic heterocycles. The van der Waals surface area contributed by atoms with Gasteiger partial charge in [-0.1, -0.05) is 18.2 Å². The number of aryl methyl sites for hydroxylation is 1. The molecule has 142 valence electrons. The van der Waals surface area contributed by atoms with Gasteiger partial charge in [-0.25, -0.2) is 4.98 Å². The predicted molar refractivity (Wildman–Crippen MR) is 109 cm³/mol. The molecule has 1 aliphatic carbocycles. The van der Waals surface area contributed by atoms with E-state index in [0.29, 0.717) is 13.1 Å². The molecule has 28 heavy (non-hydrogen) atoms. The minimum absolute atomic E-state index is 0.168. The second-order valence-electron chi connectivity index (χ2n) is 7.27. The van der Waals surface area contributed by atoms with Gasteiger partial charge < -0.3 is 20.0 Å². The zero-order valence-electron chi connectivity index (χ0n) is 15.6. The number of imidazole rings is 1. The van der Waals surface area contributed by atoms with Crippen molar-refractivity contribution in [1.82, 2.24) is 15.0 Å². The monoisotopic (exact) mass is 373 g/mol. The van der Waals surface area contributed by atoms with E-state index < -0.39 is 0 Å². The van der Waals surface area contributed by atoms with Crippen LogP contribution in [-0.4, -0.2) is 15.0 Å². The highest BCUT2D eigenvalue weighted by Gasteiger charge is 2.30. The van der Waals surface area contributed by atoms with Crippen LogP contribution in [0.1, 0.15) is 41.5 Å². The Hall–Kier alpha value is -3.12. The molecule has 0 fully saturated rings. The molecule has 6 nitrogen and oxygen atoms in total. The predicted octanol–water partition coefficient (Wildman–Crippen LogP) is 4.09. The van der Waals surface area contributed by atoms with E-state index in [1.54, 1.807) is 12.5 Å². The van der Waals surface area contributed by atoms with Crippen molar-refractivity contribution in [2.45, 2.75) is 38.4 Å². The average molecular weight is 373 g/mol. The van der Waals surface area contributed by atoms with E-state index in [0.717, 1.165) is 53.1 Å². The van der Waals surface area contributed by atoms with Crippen LogP contribution in [0.3, 0.4) is 0 Å². The van der Waals surface area contributed by atoms with E-state index in [1.807, 2.05) is 30.5 Å². The molecule has 0 amide bonds. The number of anilines is 1. The molecular weight excluding hydrogens is 350 g/mol. The maximum absolute atomic E-state index is 5.99. The molecule has 0 saturated carbocycles. The summed E-state index contributed by atoms with van der Waals surface area (Å²) < 4.78 is 5.52. The van der Waals surface area contributed by atoms with Gasteiger partial charge in [-0.2, -0.15) is 0 Å². The number of fused-ring (bicyclic) bond motifs is 2. The normalized spacial score (nSPS) is 16.2. The molecule has 0 saturated heterocycles. The standard InChI is InChI=1S/C22H23N5O/c23-11-16-13-28-14-20(16)27(12-21-25-17-7-1-2-8-18(17)26-21)19-9-3-5-15-6-4-10-24-22(15)19/h1-2,4,6-8,10,13-14,19H,3,5,9,11-12,23H2,(H,25,26). The summed E-state index contributed by atoms with van der Waals surface area (Å²) in [5.41, 5.74) is 12.5. The number of rotatable bonds is 5. The lowest BCUT2D eigenvalue weighted by Crippen LogP contribution is -2.32. The van der Waals surface area contributed by atoms with Gasteiger partial charge >= 0.3 is 0 Å². The van der Waals surface area contributed by atoms with Gasteiger partial charge in [-0.15, -0.1) is 0 Å². The largest absolute Gasteiger partial charge is 0.470 e. The Labute approximate surface area is 163 Å². The Bertz CT molecular complexity index is 1070. The zero-order chi connectivity index (χ0) is 18.9. The Morgan fingerprint density at radius 3 is 3.00 bits per heavy atom. The Kier molecular flexibility index (Phi) is 4.33. The molecule has 0 bridgehead atoms. The highest BCUT2D eigenvalue weighted by molar-refractivity contribution is 5.74. The van der Waals surface area contributed by atoms with Gasteiger partial charge in [0.2, 0.25) is 0 Å². The fraction of sp³-hybridized carbons (Fsp3) is 0.273. The summed E-state index contributed by atoms with van der Waals surface area (Å²) in [5.74, 6) is 0.924. The fourth-order valence-electron chi connectivity index (χ4n) is 4.21. The molecule has 5 rings (SSSR count). The van der Waals surface area contributed by atoms with E-state index in [1.165, 1.54) is 5.56 Å². The van der Waals surface area contributed by atoms with Crippen LogP contribution in [0.25, 0.3) is 11.0 Å². The zero-order valence-corrected chi connectivity index (χ0v) is 15.6. The number of benzene rings is 1. The number of furan rings is 1. The molecule has 4 aromatic rings. The van der Waals surface area contributed by atoms with Crippen molar-refractivity contribution >= 4 is 16.7 Å². The number of para-hydroxylation sites is 2. The van der Waals surface area contributed by atoms with E-state index in [-0.39, 0.29) is 6.04 Å². The molecule has 1 aromatic carbocycles. The van der Waals surface area contributed by atoms with Gasteiger partial charge in [0.05, 0.1) is 41.3 Å². The summed E-state index contributed by atoms with van der Waals surface area (Å²) >= 11 is 0. The summed E-state index contributed by atoms with van der Waals surface area (Å²) in [6.07, 6.45) is 8.67. The van der Waals surface area contributed by atoms with Gasteiger partial charge in [0, 0.05) is 18.3 Å². The average Bonchev–Trinajstić information content (AvgIpc) is 3.37. The van der Waals surface area contributed by atoms with Crippen LogP contribution in [0, 0.1) is 0 Å². The van der Waals surface area contributed by atoms with Crippen LogP contribution in [0.15, 0.2) is 59.5 Å². The minimum atomic E-state index is 0.168. The van der Waals surface area contributed by atoms with Gasteiger partial charge in [-0.3, -0.25) is 4.98 Å². The lowest BCUT2D eigenvalue weighted by atomic mass is 9.90. The molecule has 1 unspecified atom stereocenters. The molecule has 1 atom stereocenters. The molecule has 6 heteroatoms. The lowest BCUT2D eigenvalue weighted by molar-refractivity contribution is 0.497. The Morgan fingerprint density at radius 2 is 2.11 bits per heavy atom. The first-order valence-electron chi connectivity index (χ1n) is 9.72. The molecule has 0 spiro atoms. The maximum atomic E-state index is 5.99. The number of aromatic amines is 1. The van der Waals surface area contributed by atoms with Crippen molar-refractivity contribution in [3.63, 3.8) is 0 Å². The number of pyridine rings is 1. The molecular formula is C22H23N5O. The summed E-state index contributed by atoms with van der Waals surface area (Å²) in [6, 6.07) is 12.5. The van der Waals surface area contributed by atoms with E-state index >= 15 is 0 Å². The van der Waals surface area contributed by atoms with Crippen LogP contribution in [0.4, 0.5) is 5.69 Å². The van der Waals surface area contributed by atoms with E-state index in [9.17, 15) is 0 Å². The minimum Gasteiger partial charge on any atom is -0.470 e. The van der Waals surface area contributed by atoms with Crippen molar-refractivity contribution < 1.29 is 4.42 Å². The Balaban J connectivity index is 1.58. The van der Waals surface area contributed by atoms with Gasteiger partial charge in [0.25, 0.3) is 0 Å². The van der Waals surface area contributed by atoms with Crippen molar-refractivity contribution in [3.05, 3.63) is 77.8 Å². The van der Waals surface area contributed by atoms with Gasteiger partial charge in [-0.05, 0) is 43.0 Å². The number of hydrogen-bond donors (Lipinski definition) is 2. The third kappa shape index (κ3) is 2.96. The first-order chi connectivity index (χ1) is 13.8. The van der Waals surface area contributed by atoms with Crippen LogP contribution in [0.2, 0.25) is 0 Å². The van der Waals surface area contributed by atoms with Crippen molar-refractivity contribution in [2.24, 2.45) is 5.73 Å². The number of nitrogens with one attached hydrogen (secondary N) is 1. The van der Waals surface area contributed by atoms with E-state index in [4.69, 9.17) is 20.1 Å². The number of nitrogens with zero attached hydrogens (tertiary/aromatic N) is 3. The van der Waals surface area contributed by atoms with Crippen LogP contribution in [0.5, 0.6) is 0 Å². The quantitative estimate of drug-likeness (QED) is 0.550. The maximum Gasteiger partial charge on any atom is 0.126 e. The molecule has 3 heterocycles. The molecule has 0 radical (unpaired) electrons. The smallest absolute Gasteiger partial charge is 0.126 e. The molecule has 3 aromatic heterocycles. The van der Waals surface area contributed by atoms with Crippen LogP contribution in [-0.2, 0) is 19.5 Å². The van der Waals surface area contributed by atoms with Gasteiger partial charge in [0.15, 0.2) is 0 Å². The van der Waals surface area contributed by atoms with Crippen LogP contribution < -0.4 is 10.6 Å². The lowest BCUT2D eigenvalue weighted by Gasteiger charge is -2.36. The third-order valence-electron chi connectivity index (χ3n) is 5.55. The number of hydrogen-bond acceptors (Lipinski definition) is 5. The second-order valence-corrected chi connectivity index (χ2v) is 7.27. The first-order valence-corrected chi connectivity index (χ1v) is 9.72. The third-order valence-corrected chi connectivity index (χ3v) is 5.55. The van der Waals surface area contributed by atoms with Crippen molar-refractivity contribution in [3.8, 4) is 0 Å². The first kappa shape index (κ1) is 17.0. The van der Waals surface area contributed by atoms with Crippen molar-refractivity contribution in [2.75, 3.05) is 4.90 Å². The summed E-state index contributed by atoms with van der Waals surface area (Å²) in [7, 11) is 0. The van der Waals surface area contributed by atoms with Gasteiger partial charge in [0.1, 0.15) is 12.1 Å². The van der Waals surface area contributed by atoms with E-state index in [2.05, 4.69) is 22.0 Å². The second kappa shape index (κ2) is 7.13. The number of H-pyrrole nitrogens is 1. The molecule has 3 N–H and O–H groups in total.